The highest BCUT2D eigenvalue weighted by Gasteiger charge is 2.53. The van der Waals surface area contributed by atoms with Gasteiger partial charge < -0.3 is 11.1 Å². The lowest BCUT2D eigenvalue weighted by Crippen LogP contribution is -2.35. The van der Waals surface area contributed by atoms with E-state index >= 15 is 0 Å². The molecular formula is C21H22N2O. The highest BCUT2D eigenvalue weighted by molar-refractivity contribution is 5.93. The van der Waals surface area contributed by atoms with Crippen molar-refractivity contribution in [2.24, 2.45) is 23.5 Å². The van der Waals surface area contributed by atoms with Gasteiger partial charge in [0.15, 0.2) is 0 Å². The fourth-order valence-corrected chi connectivity index (χ4v) is 5.63. The number of carbonyl (C=O) groups excluding carboxylic acids is 1. The highest BCUT2D eigenvalue weighted by Crippen LogP contribution is 2.63. The van der Waals surface area contributed by atoms with Gasteiger partial charge in [-0.2, -0.15) is 0 Å². The van der Waals surface area contributed by atoms with Crippen molar-refractivity contribution in [2.75, 3.05) is 5.32 Å². The molecule has 0 radical (unpaired) electrons. The maximum Gasteiger partial charge on any atom is 0.248 e. The Morgan fingerprint density at radius 1 is 1.04 bits per heavy atom. The van der Waals surface area contributed by atoms with E-state index in [0.29, 0.717) is 23.4 Å². The van der Waals surface area contributed by atoms with Crippen molar-refractivity contribution in [3.05, 3.63) is 65.2 Å². The molecule has 1 heterocycles. The van der Waals surface area contributed by atoms with Gasteiger partial charge in [-0.25, -0.2) is 0 Å². The number of anilines is 1. The zero-order chi connectivity index (χ0) is 16.3. The quantitative estimate of drug-likeness (QED) is 0.876. The molecule has 2 bridgehead atoms. The van der Waals surface area contributed by atoms with E-state index in [9.17, 15) is 4.79 Å². The van der Waals surface area contributed by atoms with Gasteiger partial charge in [0.05, 0.1) is 6.04 Å². The molecule has 2 aromatic carbocycles. The predicted molar refractivity (Wildman–Crippen MR) is 94.8 cm³/mol. The van der Waals surface area contributed by atoms with Gasteiger partial charge in [0.1, 0.15) is 0 Å². The Labute approximate surface area is 142 Å². The molecule has 0 unspecified atom stereocenters. The standard InChI is InChI=1S/C21H22N2O/c22-21(24)15-8-9-17-16(11-15)18-13-6-7-14(10-13)19(18)20(23-17)12-4-2-1-3-5-12/h1-5,8-9,11,13-14,18-20,23H,6-7,10H2,(H2,22,24)/t13-,14-,18+,19+,20-/m0/s1. The van der Waals surface area contributed by atoms with E-state index in [2.05, 4.69) is 35.6 Å². The van der Waals surface area contributed by atoms with Crippen LogP contribution in [-0.2, 0) is 0 Å². The van der Waals surface area contributed by atoms with Crippen molar-refractivity contribution in [1.29, 1.82) is 0 Å². The van der Waals surface area contributed by atoms with Gasteiger partial charge in [-0.15, -0.1) is 0 Å². The van der Waals surface area contributed by atoms with Crippen LogP contribution < -0.4 is 11.1 Å². The third-order valence-electron chi connectivity index (χ3n) is 6.53. The van der Waals surface area contributed by atoms with E-state index in [1.807, 2.05) is 18.2 Å². The van der Waals surface area contributed by atoms with Crippen LogP contribution in [0.2, 0.25) is 0 Å². The lowest BCUT2D eigenvalue weighted by molar-refractivity contribution is 0.1000. The summed E-state index contributed by atoms with van der Waals surface area (Å²) in [6.45, 7) is 0. The second-order valence-corrected chi connectivity index (χ2v) is 7.64. The first-order chi connectivity index (χ1) is 11.7. The monoisotopic (exact) mass is 318 g/mol. The number of benzene rings is 2. The molecule has 122 valence electrons. The normalized spacial score (nSPS) is 32.8. The predicted octanol–water partition coefficient (Wildman–Crippen LogP) is 4.08. The molecule has 0 saturated heterocycles. The average Bonchev–Trinajstić information content (AvgIpc) is 3.23. The Hall–Kier alpha value is -2.29. The van der Waals surface area contributed by atoms with Crippen LogP contribution >= 0.6 is 0 Å². The van der Waals surface area contributed by atoms with E-state index in [1.165, 1.54) is 36.1 Å². The molecule has 1 aliphatic heterocycles. The van der Waals surface area contributed by atoms with E-state index in [1.54, 1.807) is 0 Å². The van der Waals surface area contributed by atoms with Gasteiger partial charge in [-0.1, -0.05) is 30.3 Å². The molecule has 2 aromatic rings. The van der Waals surface area contributed by atoms with Crippen molar-refractivity contribution >= 4 is 11.6 Å². The van der Waals surface area contributed by atoms with Crippen LogP contribution in [-0.4, -0.2) is 5.91 Å². The van der Waals surface area contributed by atoms with Gasteiger partial charge in [-0.3, -0.25) is 4.79 Å². The van der Waals surface area contributed by atoms with Crippen LogP contribution in [0.25, 0.3) is 0 Å². The van der Waals surface area contributed by atoms with Gasteiger partial charge in [0, 0.05) is 11.3 Å². The summed E-state index contributed by atoms with van der Waals surface area (Å²) < 4.78 is 0. The van der Waals surface area contributed by atoms with Crippen LogP contribution in [0.15, 0.2) is 48.5 Å². The zero-order valence-electron chi connectivity index (χ0n) is 13.6. The summed E-state index contributed by atoms with van der Waals surface area (Å²) in [5, 5.41) is 3.78. The third-order valence-corrected chi connectivity index (χ3v) is 6.53. The number of carbonyl (C=O) groups is 1. The summed E-state index contributed by atoms with van der Waals surface area (Å²) in [4.78, 5) is 11.6. The molecule has 0 spiro atoms. The van der Waals surface area contributed by atoms with Gasteiger partial charge in [-0.05, 0) is 72.3 Å². The molecule has 3 nitrogen and oxygen atoms in total. The summed E-state index contributed by atoms with van der Waals surface area (Å²) in [5.74, 6) is 2.41. The number of nitrogens with one attached hydrogen (secondary N) is 1. The first-order valence-electron chi connectivity index (χ1n) is 8.97. The Morgan fingerprint density at radius 2 is 1.83 bits per heavy atom. The Morgan fingerprint density at radius 3 is 2.62 bits per heavy atom. The lowest BCUT2D eigenvalue weighted by atomic mass is 9.68. The van der Waals surface area contributed by atoms with Crippen molar-refractivity contribution in [3.8, 4) is 0 Å². The minimum atomic E-state index is -0.331. The number of nitrogens with two attached hydrogens (primary N) is 1. The van der Waals surface area contributed by atoms with Crippen LogP contribution in [0, 0.1) is 17.8 Å². The van der Waals surface area contributed by atoms with Crippen molar-refractivity contribution in [3.63, 3.8) is 0 Å². The molecule has 2 aliphatic carbocycles. The summed E-state index contributed by atoms with van der Waals surface area (Å²) in [6.07, 6.45) is 4.01. The van der Waals surface area contributed by atoms with E-state index in [0.717, 1.165) is 11.8 Å². The van der Waals surface area contributed by atoms with E-state index in [4.69, 9.17) is 5.73 Å². The van der Waals surface area contributed by atoms with Gasteiger partial charge in [0.25, 0.3) is 0 Å². The van der Waals surface area contributed by atoms with E-state index < -0.39 is 0 Å². The fraction of sp³-hybridized carbons (Fsp3) is 0.381. The summed E-state index contributed by atoms with van der Waals surface area (Å²) in [5.41, 5.74) is 10.0. The molecule has 1 amide bonds. The molecule has 2 saturated carbocycles. The van der Waals surface area contributed by atoms with Crippen LogP contribution in [0.1, 0.15) is 52.7 Å². The molecular weight excluding hydrogens is 296 g/mol. The summed E-state index contributed by atoms with van der Waals surface area (Å²) in [7, 11) is 0. The van der Waals surface area contributed by atoms with E-state index in [-0.39, 0.29) is 5.91 Å². The maximum atomic E-state index is 11.6. The van der Waals surface area contributed by atoms with Crippen molar-refractivity contribution < 1.29 is 4.79 Å². The first kappa shape index (κ1) is 14.1. The molecule has 3 aliphatic rings. The Balaban J connectivity index is 1.64. The van der Waals surface area contributed by atoms with Crippen LogP contribution in [0.3, 0.4) is 0 Å². The zero-order valence-corrected chi connectivity index (χ0v) is 13.6. The third kappa shape index (κ3) is 1.94. The number of hydrogen-bond acceptors (Lipinski definition) is 2. The molecule has 5 rings (SSSR count). The van der Waals surface area contributed by atoms with Gasteiger partial charge >= 0.3 is 0 Å². The molecule has 24 heavy (non-hydrogen) atoms. The topological polar surface area (TPSA) is 55.1 Å². The molecule has 2 fully saturated rings. The smallest absolute Gasteiger partial charge is 0.248 e. The second-order valence-electron chi connectivity index (χ2n) is 7.64. The van der Waals surface area contributed by atoms with Crippen molar-refractivity contribution in [2.45, 2.75) is 31.2 Å². The maximum absolute atomic E-state index is 11.6. The molecule has 5 atom stereocenters. The number of fused-ring (bicyclic) bond motifs is 7. The van der Waals surface area contributed by atoms with Gasteiger partial charge in [0.2, 0.25) is 5.91 Å². The average molecular weight is 318 g/mol. The Kier molecular flexibility index (Phi) is 2.99. The number of amides is 1. The molecule has 3 N–H and O–H groups in total. The number of hydrogen-bond donors (Lipinski definition) is 2. The molecule has 3 heteroatoms. The largest absolute Gasteiger partial charge is 0.378 e. The fourth-order valence-electron chi connectivity index (χ4n) is 5.63. The Bertz CT molecular complexity index is 801. The first-order valence-corrected chi connectivity index (χ1v) is 8.97. The minimum Gasteiger partial charge on any atom is -0.378 e. The van der Waals surface area contributed by atoms with Crippen molar-refractivity contribution in [1.82, 2.24) is 0 Å². The number of rotatable bonds is 2. The van der Waals surface area contributed by atoms with Crippen LogP contribution in [0.5, 0.6) is 0 Å². The lowest BCUT2D eigenvalue weighted by Gasteiger charge is -2.43. The van der Waals surface area contributed by atoms with Crippen LogP contribution in [0.4, 0.5) is 5.69 Å². The summed E-state index contributed by atoms with van der Waals surface area (Å²) in [6, 6.07) is 17.1. The summed E-state index contributed by atoms with van der Waals surface area (Å²) >= 11 is 0. The SMILES string of the molecule is NC(=O)c1ccc2c(c1)[C@H]1[C@H]3CC[C@@H](C3)[C@H]1[C@H](c1ccccc1)N2. The highest BCUT2D eigenvalue weighted by atomic mass is 16.1. The second kappa shape index (κ2) is 5.10. The number of primary amides is 1. The molecule has 0 aromatic heterocycles. The minimum absolute atomic E-state index is 0.331.